The average Bonchev–Trinajstić information content (AvgIpc) is 3.70. The average molecular weight is 643 g/mol. The van der Waals surface area contributed by atoms with Crippen LogP contribution in [0.15, 0.2) is 150 Å². The van der Waals surface area contributed by atoms with Crippen LogP contribution in [0.4, 0.5) is 0 Å². The van der Waals surface area contributed by atoms with Crippen molar-refractivity contribution in [2.45, 2.75) is 6.92 Å². The molecule has 2 heterocycles. The van der Waals surface area contributed by atoms with Gasteiger partial charge in [-0.15, -0.1) is 11.3 Å². The van der Waals surface area contributed by atoms with E-state index in [1.807, 2.05) is 23.5 Å². The Morgan fingerprint density at radius 3 is 1.92 bits per heavy atom. The molecule has 49 heavy (non-hydrogen) atoms. The second-order valence-corrected chi connectivity index (χ2v) is 14.0. The summed E-state index contributed by atoms with van der Waals surface area (Å²) in [6.07, 6.45) is 4.43. The van der Waals surface area contributed by atoms with Crippen LogP contribution in [0.25, 0.3) is 104 Å². The van der Waals surface area contributed by atoms with Gasteiger partial charge in [0.2, 0.25) is 0 Å². The first kappa shape index (κ1) is 28.1. The van der Waals surface area contributed by atoms with Gasteiger partial charge in [0.15, 0.2) is 0 Å². The van der Waals surface area contributed by atoms with Crippen LogP contribution in [0, 0.1) is 0 Å². The molecule has 0 amide bonds. The summed E-state index contributed by atoms with van der Waals surface area (Å²) >= 11 is 1.86. The van der Waals surface area contributed by atoms with Crippen LogP contribution in [0.5, 0.6) is 0 Å². The van der Waals surface area contributed by atoms with Crippen molar-refractivity contribution < 1.29 is 4.42 Å². The van der Waals surface area contributed by atoms with Gasteiger partial charge >= 0.3 is 0 Å². The van der Waals surface area contributed by atoms with Gasteiger partial charge in [-0.05, 0) is 127 Å². The SMILES string of the molecule is C=c1cccc/c1=C/C(=C\C)c1ccc2sc3ccc(-c4ccc5c(c4)c4ccccc4c4cc6c(cc54)oc4ccccc46)cc3c2c1. The van der Waals surface area contributed by atoms with Gasteiger partial charge in [0, 0.05) is 30.9 Å². The summed E-state index contributed by atoms with van der Waals surface area (Å²) in [5, 5.41) is 14.6. The van der Waals surface area contributed by atoms with Crippen molar-refractivity contribution in [3.63, 3.8) is 0 Å². The van der Waals surface area contributed by atoms with Crippen LogP contribution < -0.4 is 10.4 Å². The predicted octanol–water partition coefficient (Wildman–Crippen LogP) is 12.4. The molecule has 0 radical (unpaired) electrons. The van der Waals surface area contributed by atoms with E-state index < -0.39 is 0 Å². The normalized spacial score (nSPS) is 12.9. The molecule has 0 aliphatic carbocycles. The van der Waals surface area contributed by atoms with Gasteiger partial charge in [-0.3, -0.25) is 0 Å². The lowest BCUT2D eigenvalue weighted by molar-refractivity contribution is 0.669. The summed E-state index contributed by atoms with van der Waals surface area (Å²) in [7, 11) is 0. The van der Waals surface area contributed by atoms with Crippen LogP contribution in [-0.2, 0) is 0 Å². The van der Waals surface area contributed by atoms with Crippen LogP contribution in [0.1, 0.15) is 12.5 Å². The quantitative estimate of drug-likeness (QED) is 0.175. The molecule has 0 unspecified atom stereocenters. The fourth-order valence-corrected chi connectivity index (χ4v) is 8.73. The molecule has 1 nitrogen and oxygen atoms in total. The molecular formula is C47H30OS. The van der Waals surface area contributed by atoms with E-state index in [2.05, 4.69) is 153 Å². The third kappa shape index (κ3) is 4.38. The molecule has 10 rings (SSSR count). The Kier molecular flexibility index (Phi) is 6.18. The van der Waals surface area contributed by atoms with E-state index in [0.717, 1.165) is 32.4 Å². The van der Waals surface area contributed by atoms with Crippen molar-refractivity contribution in [1.82, 2.24) is 0 Å². The molecule has 0 atom stereocenters. The number of furan rings is 1. The van der Waals surface area contributed by atoms with Crippen molar-refractivity contribution in [2.24, 2.45) is 0 Å². The highest BCUT2D eigenvalue weighted by molar-refractivity contribution is 7.25. The molecule has 0 aliphatic heterocycles. The van der Waals surface area contributed by atoms with E-state index in [9.17, 15) is 0 Å². The predicted molar refractivity (Wildman–Crippen MR) is 214 cm³/mol. The molecule has 10 aromatic rings. The third-order valence-electron chi connectivity index (χ3n) is 10.1. The van der Waals surface area contributed by atoms with Gasteiger partial charge in [0.05, 0.1) is 0 Å². The first-order chi connectivity index (χ1) is 24.1. The molecule has 0 spiro atoms. The molecule has 0 bridgehead atoms. The number of para-hydroxylation sites is 1. The van der Waals surface area contributed by atoms with Gasteiger partial charge in [-0.1, -0.05) is 104 Å². The lowest BCUT2D eigenvalue weighted by atomic mass is 9.91. The Morgan fingerprint density at radius 1 is 0.510 bits per heavy atom. The highest BCUT2D eigenvalue weighted by atomic mass is 32.1. The number of allylic oxidation sites excluding steroid dienone is 2. The molecule has 2 aromatic heterocycles. The molecule has 0 fully saturated rings. The van der Waals surface area contributed by atoms with Gasteiger partial charge in [-0.25, -0.2) is 0 Å². The lowest BCUT2D eigenvalue weighted by Crippen LogP contribution is -2.21. The van der Waals surface area contributed by atoms with Gasteiger partial charge < -0.3 is 4.42 Å². The van der Waals surface area contributed by atoms with Crippen LogP contribution in [0.2, 0.25) is 0 Å². The smallest absolute Gasteiger partial charge is 0.136 e. The van der Waals surface area contributed by atoms with E-state index in [0.29, 0.717) is 0 Å². The first-order valence-corrected chi connectivity index (χ1v) is 17.5. The topological polar surface area (TPSA) is 13.1 Å². The van der Waals surface area contributed by atoms with Crippen molar-refractivity contribution in [1.29, 1.82) is 0 Å². The molecule has 2 heteroatoms. The largest absolute Gasteiger partial charge is 0.456 e. The number of hydrogen-bond acceptors (Lipinski definition) is 2. The van der Waals surface area contributed by atoms with Crippen LogP contribution in [-0.4, -0.2) is 0 Å². The summed E-state index contributed by atoms with van der Waals surface area (Å²) in [4.78, 5) is 0. The molecule has 230 valence electrons. The number of thiophene rings is 1. The summed E-state index contributed by atoms with van der Waals surface area (Å²) in [6, 6.07) is 50.8. The summed E-state index contributed by atoms with van der Waals surface area (Å²) < 4.78 is 8.95. The highest BCUT2D eigenvalue weighted by Gasteiger charge is 2.15. The lowest BCUT2D eigenvalue weighted by Gasteiger charge is -2.12. The fraction of sp³-hybridized carbons (Fsp3) is 0.0213. The number of benzene rings is 8. The molecule has 0 aliphatic rings. The minimum Gasteiger partial charge on any atom is -0.456 e. The Balaban J connectivity index is 1.15. The maximum Gasteiger partial charge on any atom is 0.136 e. The second-order valence-electron chi connectivity index (χ2n) is 12.9. The fourth-order valence-electron chi connectivity index (χ4n) is 7.66. The number of fused-ring (bicyclic) bond motifs is 12. The first-order valence-electron chi connectivity index (χ1n) is 16.7. The maximum atomic E-state index is 6.34. The van der Waals surface area contributed by atoms with E-state index in [-0.39, 0.29) is 0 Å². The van der Waals surface area contributed by atoms with Crippen molar-refractivity contribution >= 4 is 104 Å². The second kappa shape index (κ2) is 10.8. The Bertz CT molecular complexity index is 3130. The molecule has 0 N–H and O–H groups in total. The summed E-state index contributed by atoms with van der Waals surface area (Å²) in [5.41, 5.74) is 6.70. The summed E-state index contributed by atoms with van der Waals surface area (Å²) in [5.74, 6) is 0. The Labute approximate surface area is 287 Å². The Hall–Kier alpha value is -5.96. The van der Waals surface area contributed by atoms with E-state index in [1.54, 1.807) is 0 Å². The number of rotatable bonds is 3. The third-order valence-corrected chi connectivity index (χ3v) is 11.3. The molecular weight excluding hydrogens is 613 g/mol. The minimum atomic E-state index is 0.927. The maximum absolute atomic E-state index is 6.34. The van der Waals surface area contributed by atoms with Crippen LogP contribution in [0.3, 0.4) is 0 Å². The van der Waals surface area contributed by atoms with E-state index in [1.165, 1.54) is 74.8 Å². The van der Waals surface area contributed by atoms with Gasteiger partial charge in [0.25, 0.3) is 0 Å². The monoisotopic (exact) mass is 642 g/mol. The van der Waals surface area contributed by atoms with Crippen molar-refractivity contribution in [2.75, 3.05) is 0 Å². The van der Waals surface area contributed by atoms with Crippen molar-refractivity contribution in [3.8, 4) is 11.1 Å². The highest BCUT2D eigenvalue weighted by Crippen LogP contribution is 2.42. The minimum absolute atomic E-state index is 0.927. The molecule has 0 saturated heterocycles. The van der Waals surface area contributed by atoms with Crippen molar-refractivity contribution in [3.05, 3.63) is 162 Å². The molecule has 0 saturated carbocycles. The zero-order valence-corrected chi connectivity index (χ0v) is 27.8. The van der Waals surface area contributed by atoms with E-state index in [4.69, 9.17) is 4.42 Å². The van der Waals surface area contributed by atoms with Crippen LogP contribution >= 0.6 is 11.3 Å². The molecule has 8 aromatic carbocycles. The van der Waals surface area contributed by atoms with Gasteiger partial charge in [0.1, 0.15) is 11.2 Å². The standard InChI is InChI=1S/C47H30OS/c1-3-29(22-30-11-5-4-10-28(30)2)31-17-20-46-42(24-31)43-25-33(18-21-47(43)49-46)32-16-19-36-38(23-32)34-12-6-7-13-35(34)39-26-41-37-14-8-9-15-44(37)48-45(41)27-40(36)39/h3-27H,2H2,1H3/b29-3+,30-22-. The van der Waals surface area contributed by atoms with E-state index >= 15 is 0 Å². The van der Waals surface area contributed by atoms with Gasteiger partial charge in [-0.2, -0.15) is 0 Å². The number of hydrogen-bond donors (Lipinski definition) is 0. The summed E-state index contributed by atoms with van der Waals surface area (Å²) in [6.45, 7) is 6.34. The zero-order valence-electron chi connectivity index (χ0n) is 27.0. The Morgan fingerprint density at radius 2 is 1.12 bits per heavy atom. The zero-order chi connectivity index (χ0) is 32.6.